The number of esters is 1. The highest BCUT2D eigenvalue weighted by Crippen LogP contribution is 2.26. The van der Waals surface area contributed by atoms with Gasteiger partial charge >= 0.3 is 5.97 Å². The Morgan fingerprint density at radius 1 is 1.35 bits per heavy atom. The van der Waals surface area contributed by atoms with Crippen LogP contribution in [0.2, 0.25) is 0 Å². The highest BCUT2D eigenvalue weighted by Gasteiger charge is 2.08. The van der Waals surface area contributed by atoms with Crippen LogP contribution in [0.3, 0.4) is 0 Å². The highest BCUT2D eigenvalue weighted by molar-refractivity contribution is 7.98. The molecule has 108 valence electrons. The van der Waals surface area contributed by atoms with E-state index >= 15 is 0 Å². The number of carbonyl (C=O) groups excluding carboxylic acids is 1. The van der Waals surface area contributed by atoms with Crippen molar-refractivity contribution < 1.29 is 9.53 Å². The average Bonchev–Trinajstić information content (AvgIpc) is 3.00. The number of aromatic nitrogens is 2. The first-order chi connectivity index (χ1) is 9.70. The highest BCUT2D eigenvalue weighted by atomic mass is 32.2. The van der Waals surface area contributed by atoms with Crippen molar-refractivity contribution >= 4 is 17.7 Å². The van der Waals surface area contributed by atoms with Gasteiger partial charge in [-0.3, -0.25) is 5.10 Å². The lowest BCUT2D eigenvalue weighted by atomic mass is 10.1. The molecule has 2 rings (SSSR count). The van der Waals surface area contributed by atoms with E-state index in [0.717, 1.165) is 21.9 Å². The number of aromatic amines is 1. The summed E-state index contributed by atoms with van der Waals surface area (Å²) in [6.45, 7) is 5.99. The summed E-state index contributed by atoms with van der Waals surface area (Å²) in [4.78, 5) is 12.5. The van der Waals surface area contributed by atoms with E-state index in [-0.39, 0.29) is 5.97 Å². The van der Waals surface area contributed by atoms with Crippen molar-refractivity contribution in [1.82, 2.24) is 10.2 Å². The van der Waals surface area contributed by atoms with E-state index in [1.54, 1.807) is 24.0 Å². The molecule has 0 unspecified atom stereocenters. The number of hydrogen-bond acceptors (Lipinski definition) is 4. The van der Waals surface area contributed by atoms with Crippen molar-refractivity contribution in [1.29, 1.82) is 0 Å². The first kappa shape index (κ1) is 16.3. The smallest absolute Gasteiger partial charge is 0.337 e. The number of nitrogens with one attached hydrogen (secondary N) is 1. The fourth-order valence-corrected chi connectivity index (χ4v) is 2.50. The molecular weight excluding hydrogens is 272 g/mol. The Hall–Kier alpha value is -1.75. The molecule has 0 amide bonds. The number of carbonyl (C=O) groups is 1. The molecule has 1 aromatic heterocycles. The summed E-state index contributed by atoms with van der Waals surface area (Å²) in [5.41, 5.74) is 2.74. The zero-order chi connectivity index (χ0) is 15.0. The lowest BCUT2D eigenvalue weighted by Crippen LogP contribution is -2.01. The van der Waals surface area contributed by atoms with Gasteiger partial charge in [0.2, 0.25) is 0 Å². The van der Waals surface area contributed by atoms with E-state index in [1.807, 2.05) is 39.0 Å². The van der Waals surface area contributed by atoms with E-state index in [2.05, 4.69) is 10.2 Å². The number of H-pyrrole nitrogens is 1. The standard InChI is InChI=1S/C13H14N2O2S.C2H6/c1-9-7-10(13(16)17-2)3-4-12(9)18-8-11-5-6-14-15-11;1-2/h3-7H,8H2,1-2H3,(H,14,15);1-2H3. The molecule has 2 aromatic rings. The first-order valence-electron chi connectivity index (χ1n) is 6.50. The quantitative estimate of drug-likeness (QED) is 0.687. The van der Waals surface area contributed by atoms with E-state index in [9.17, 15) is 4.79 Å². The Kier molecular flexibility index (Phi) is 6.87. The van der Waals surface area contributed by atoms with Crippen LogP contribution in [0.5, 0.6) is 0 Å². The van der Waals surface area contributed by atoms with Crippen molar-refractivity contribution in [2.24, 2.45) is 0 Å². The number of nitrogens with zero attached hydrogens (tertiary/aromatic N) is 1. The maximum absolute atomic E-state index is 11.4. The van der Waals surface area contributed by atoms with Crippen molar-refractivity contribution in [3.63, 3.8) is 0 Å². The van der Waals surface area contributed by atoms with E-state index in [1.165, 1.54) is 7.11 Å². The molecule has 20 heavy (non-hydrogen) atoms. The van der Waals surface area contributed by atoms with E-state index in [4.69, 9.17) is 4.74 Å². The van der Waals surface area contributed by atoms with Crippen molar-refractivity contribution in [3.05, 3.63) is 47.3 Å². The van der Waals surface area contributed by atoms with Crippen LogP contribution >= 0.6 is 11.8 Å². The van der Waals surface area contributed by atoms with Gasteiger partial charge in [0.25, 0.3) is 0 Å². The summed E-state index contributed by atoms with van der Waals surface area (Å²) in [5, 5.41) is 6.83. The van der Waals surface area contributed by atoms with Crippen LogP contribution in [0.15, 0.2) is 35.4 Å². The minimum Gasteiger partial charge on any atom is -0.465 e. The molecule has 0 atom stereocenters. The van der Waals surface area contributed by atoms with Gasteiger partial charge in [-0.15, -0.1) is 11.8 Å². The van der Waals surface area contributed by atoms with Crippen molar-refractivity contribution in [3.8, 4) is 0 Å². The van der Waals surface area contributed by atoms with Gasteiger partial charge in [-0.05, 0) is 36.8 Å². The summed E-state index contributed by atoms with van der Waals surface area (Å²) in [6.07, 6.45) is 1.74. The van der Waals surface area contributed by atoms with Crippen LogP contribution in [0, 0.1) is 6.92 Å². The minimum absolute atomic E-state index is 0.303. The fraction of sp³-hybridized carbons (Fsp3) is 0.333. The van der Waals surface area contributed by atoms with E-state index in [0.29, 0.717) is 5.56 Å². The number of hydrogen-bond donors (Lipinski definition) is 1. The number of rotatable bonds is 4. The molecule has 0 fully saturated rings. The van der Waals surface area contributed by atoms with Gasteiger partial charge in [-0.2, -0.15) is 5.10 Å². The van der Waals surface area contributed by atoms with Crippen LogP contribution in [-0.2, 0) is 10.5 Å². The van der Waals surface area contributed by atoms with Crippen LogP contribution in [0.1, 0.15) is 35.5 Å². The zero-order valence-corrected chi connectivity index (χ0v) is 13.1. The van der Waals surface area contributed by atoms with Gasteiger partial charge in [0, 0.05) is 22.5 Å². The number of ether oxygens (including phenoxy) is 1. The Morgan fingerprint density at radius 3 is 2.65 bits per heavy atom. The molecule has 1 N–H and O–H groups in total. The van der Waals surface area contributed by atoms with Crippen LogP contribution < -0.4 is 0 Å². The Morgan fingerprint density at radius 2 is 2.10 bits per heavy atom. The first-order valence-corrected chi connectivity index (χ1v) is 7.49. The predicted molar refractivity (Wildman–Crippen MR) is 82.0 cm³/mol. The second-order valence-electron chi connectivity index (χ2n) is 3.84. The molecule has 5 heteroatoms. The lowest BCUT2D eigenvalue weighted by Gasteiger charge is -2.06. The van der Waals surface area contributed by atoms with Crippen molar-refractivity contribution in [2.75, 3.05) is 7.11 Å². The third-order valence-electron chi connectivity index (χ3n) is 2.54. The molecule has 1 aromatic carbocycles. The number of thioether (sulfide) groups is 1. The maximum Gasteiger partial charge on any atom is 0.337 e. The predicted octanol–water partition coefficient (Wildman–Crippen LogP) is 3.82. The molecular formula is C15H20N2O2S. The summed E-state index contributed by atoms with van der Waals surface area (Å²) in [5.74, 6) is 0.529. The van der Waals surface area contributed by atoms with Gasteiger partial charge < -0.3 is 4.74 Å². The fourth-order valence-electron chi connectivity index (χ4n) is 1.58. The van der Waals surface area contributed by atoms with Gasteiger partial charge in [0.15, 0.2) is 0 Å². The second-order valence-corrected chi connectivity index (χ2v) is 4.86. The topological polar surface area (TPSA) is 55.0 Å². The molecule has 0 saturated carbocycles. The van der Waals surface area contributed by atoms with E-state index < -0.39 is 0 Å². The third-order valence-corrected chi connectivity index (χ3v) is 3.76. The number of benzene rings is 1. The second kappa shape index (κ2) is 8.43. The lowest BCUT2D eigenvalue weighted by molar-refractivity contribution is 0.0600. The molecule has 1 heterocycles. The molecule has 0 aliphatic heterocycles. The van der Waals surface area contributed by atoms with Crippen LogP contribution in [-0.4, -0.2) is 23.3 Å². The van der Waals surface area contributed by atoms with Crippen LogP contribution in [0.4, 0.5) is 0 Å². The Bertz CT molecular complexity index is 539. The summed E-state index contributed by atoms with van der Waals surface area (Å²) >= 11 is 1.71. The van der Waals surface area contributed by atoms with Gasteiger partial charge in [0.05, 0.1) is 12.7 Å². The largest absolute Gasteiger partial charge is 0.465 e. The molecule has 0 aliphatic rings. The van der Waals surface area contributed by atoms with Crippen molar-refractivity contribution in [2.45, 2.75) is 31.4 Å². The molecule has 0 aliphatic carbocycles. The Balaban J connectivity index is 0.000000956. The molecule has 0 spiro atoms. The SMILES string of the molecule is CC.COC(=O)c1ccc(SCc2ccn[nH]2)c(C)c1. The molecule has 4 nitrogen and oxygen atoms in total. The molecule has 0 radical (unpaired) electrons. The van der Waals surface area contributed by atoms with Gasteiger partial charge in [-0.25, -0.2) is 4.79 Å². The Labute approximate surface area is 123 Å². The molecule has 0 saturated heterocycles. The monoisotopic (exact) mass is 292 g/mol. The summed E-state index contributed by atoms with van der Waals surface area (Å²) < 4.78 is 4.69. The van der Waals surface area contributed by atoms with Crippen LogP contribution in [0.25, 0.3) is 0 Å². The minimum atomic E-state index is -0.303. The number of aryl methyl sites for hydroxylation is 1. The number of methoxy groups -OCH3 is 1. The average molecular weight is 292 g/mol. The zero-order valence-electron chi connectivity index (χ0n) is 12.3. The normalized spacial score (nSPS) is 9.60. The van der Waals surface area contributed by atoms with Gasteiger partial charge in [0.1, 0.15) is 0 Å². The van der Waals surface area contributed by atoms with Gasteiger partial charge in [-0.1, -0.05) is 13.8 Å². The summed E-state index contributed by atoms with van der Waals surface area (Å²) in [6, 6.07) is 7.53. The third kappa shape index (κ3) is 4.42. The maximum atomic E-state index is 11.4. The molecule has 0 bridgehead atoms. The summed E-state index contributed by atoms with van der Waals surface area (Å²) in [7, 11) is 1.39.